The van der Waals surface area contributed by atoms with Crippen LogP contribution in [0.5, 0.6) is 11.5 Å². The van der Waals surface area contributed by atoms with Crippen molar-refractivity contribution in [2.45, 2.75) is 38.5 Å². The molecule has 0 unspecified atom stereocenters. The Balaban J connectivity index is 0.000000185. The van der Waals surface area contributed by atoms with Crippen molar-refractivity contribution in [3.63, 3.8) is 0 Å². The van der Waals surface area contributed by atoms with Crippen LogP contribution < -0.4 is 0 Å². The molecule has 0 bridgehead atoms. The van der Waals surface area contributed by atoms with Gasteiger partial charge < -0.3 is 30.2 Å². The largest absolute Gasteiger partial charge is 0.507 e. The molecule has 2 aromatic rings. The highest BCUT2D eigenvalue weighted by Crippen LogP contribution is 2.15. The topological polar surface area (TPSA) is 122 Å². The van der Waals surface area contributed by atoms with E-state index in [0.717, 1.165) is 0 Å². The average Bonchev–Trinajstić information content (AvgIpc) is 2.85. The first-order valence-corrected chi connectivity index (χ1v) is 11.9. The first kappa shape index (κ1) is 27.1. The maximum absolute atomic E-state index is 10.3. The lowest BCUT2D eigenvalue weighted by Gasteiger charge is -2.31. The Labute approximate surface area is 201 Å². The summed E-state index contributed by atoms with van der Waals surface area (Å²) in [7, 11) is 0. The molecule has 0 spiro atoms. The minimum atomic E-state index is -1.11. The maximum Gasteiger partial charge on any atom is 0.339 e. The molecule has 0 saturated carbocycles. The van der Waals surface area contributed by atoms with E-state index < -0.39 is 11.9 Å². The number of phenols is 2. The van der Waals surface area contributed by atoms with Gasteiger partial charge in [-0.3, -0.25) is 0 Å². The molecule has 0 amide bonds. The van der Waals surface area contributed by atoms with E-state index in [-0.39, 0.29) is 22.6 Å². The second kappa shape index (κ2) is 14.9. The van der Waals surface area contributed by atoms with Gasteiger partial charge in [-0.05, 0) is 76.1 Å². The van der Waals surface area contributed by atoms with Gasteiger partial charge in [0.2, 0.25) is 0 Å². The predicted molar refractivity (Wildman–Crippen MR) is 131 cm³/mol. The van der Waals surface area contributed by atoms with Gasteiger partial charge in [0, 0.05) is 13.1 Å². The van der Waals surface area contributed by atoms with Gasteiger partial charge in [0.1, 0.15) is 22.6 Å². The van der Waals surface area contributed by atoms with Gasteiger partial charge in [-0.2, -0.15) is 0 Å². The van der Waals surface area contributed by atoms with Crippen molar-refractivity contribution in [3.05, 3.63) is 59.7 Å². The smallest absolute Gasteiger partial charge is 0.339 e. The van der Waals surface area contributed by atoms with Crippen LogP contribution in [0.2, 0.25) is 0 Å². The number of aromatic hydroxyl groups is 2. The zero-order valence-electron chi connectivity index (χ0n) is 19.6. The van der Waals surface area contributed by atoms with Crippen molar-refractivity contribution in [2.75, 3.05) is 39.3 Å². The number of benzene rings is 2. The number of likely N-dealkylation sites (tertiary alicyclic amines) is 2. The monoisotopic (exact) mass is 472 g/mol. The fourth-order valence-electron chi connectivity index (χ4n) is 3.96. The number of aromatic carboxylic acids is 2. The molecule has 2 aliphatic heterocycles. The molecule has 0 atom stereocenters. The number of rotatable bonds is 5. The third kappa shape index (κ3) is 9.80. The van der Waals surface area contributed by atoms with Crippen molar-refractivity contribution in [2.24, 2.45) is 0 Å². The van der Waals surface area contributed by atoms with Crippen LogP contribution in [-0.4, -0.2) is 81.4 Å². The highest BCUT2D eigenvalue weighted by atomic mass is 16.4. The summed E-state index contributed by atoms with van der Waals surface area (Å²) in [5, 5.41) is 34.6. The molecular formula is C26H36N2O6. The Morgan fingerprint density at radius 3 is 1.18 bits per heavy atom. The molecule has 2 fully saturated rings. The lowest BCUT2D eigenvalue weighted by atomic mass is 10.1. The molecule has 2 saturated heterocycles. The lowest BCUT2D eigenvalue weighted by Crippen LogP contribution is -2.39. The Morgan fingerprint density at radius 1 is 0.588 bits per heavy atom. The Hall–Kier alpha value is -3.10. The van der Waals surface area contributed by atoms with Gasteiger partial charge in [0.05, 0.1) is 0 Å². The Kier molecular flexibility index (Phi) is 11.9. The lowest BCUT2D eigenvalue weighted by molar-refractivity contribution is 0.0682. The Morgan fingerprint density at radius 2 is 0.912 bits per heavy atom. The summed E-state index contributed by atoms with van der Waals surface area (Å²) in [4.78, 5) is 25.8. The van der Waals surface area contributed by atoms with E-state index in [1.165, 1.54) is 102 Å². The maximum atomic E-state index is 10.3. The molecule has 8 heteroatoms. The highest BCUT2D eigenvalue weighted by molar-refractivity contribution is 5.91. The van der Waals surface area contributed by atoms with Gasteiger partial charge >= 0.3 is 11.9 Å². The van der Waals surface area contributed by atoms with Crippen molar-refractivity contribution < 1.29 is 30.0 Å². The summed E-state index contributed by atoms with van der Waals surface area (Å²) >= 11 is 0. The average molecular weight is 473 g/mol. The van der Waals surface area contributed by atoms with Crippen LogP contribution in [0.3, 0.4) is 0 Å². The molecule has 4 rings (SSSR count). The molecule has 0 aromatic heterocycles. The molecule has 2 heterocycles. The summed E-state index contributed by atoms with van der Waals surface area (Å²) in [6, 6.07) is 11.6. The predicted octanol–water partition coefficient (Wildman–Crippen LogP) is 4.14. The third-order valence-electron chi connectivity index (χ3n) is 5.90. The van der Waals surface area contributed by atoms with Crippen LogP contribution in [0.15, 0.2) is 48.5 Å². The minimum absolute atomic E-state index is 0.0671. The number of carboxylic acid groups (broad SMARTS) is 2. The van der Waals surface area contributed by atoms with Gasteiger partial charge in [-0.1, -0.05) is 37.1 Å². The van der Waals surface area contributed by atoms with Crippen LogP contribution in [0.4, 0.5) is 0 Å². The zero-order valence-corrected chi connectivity index (χ0v) is 19.6. The molecule has 186 valence electrons. The van der Waals surface area contributed by atoms with Gasteiger partial charge in [-0.25, -0.2) is 9.59 Å². The molecule has 4 N–H and O–H groups in total. The normalized spacial score (nSPS) is 16.4. The summed E-state index contributed by atoms with van der Waals surface area (Å²) in [6.07, 6.45) is 8.64. The minimum Gasteiger partial charge on any atom is -0.507 e. The van der Waals surface area contributed by atoms with Gasteiger partial charge in [0.25, 0.3) is 0 Å². The number of hydrogen-bond acceptors (Lipinski definition) is 6. The number of piperidine rings is 2. The number of carbonyl (C=O) groups is 2. The quantitative estimate of drug-likeness (QED) is 0.512. The molecule has 0 aliphatic carbocycles. The second-order valence-electron chi connectivity index (χ2n) is 8.45. The highest BCUT2D eigenvalue weighted by Gasteiger charge is 2.13. The summed E-state index contributed by atoms with van der Waals surface area (Å²) in [5.41, 5.74) is -0.134. The fourth-order valence-corrected chi connectivity index (χ4v) is 3.96. The van der Waals surface area contributed by atoms with Gasteiger partial charge in [-0.15, -0.1) is 0 Å². The van der Waals surface area contributed by atoms with Crippen molar-refractivity contribution >= 4 is 11.9 Å². The van der Waals surface area contributed by atoms with E-state index >= 15 is 0 Å². The molecule has 2 aliphatic rings. The van der Waals surface area contributed by atoms with Crippen molar-refractivity contribution in [3.8, 4) is 11.5 Å². The van der Waals surface area contributed by atoms with Crippen LogP contribution in [0.25, 0.3) is 0 Å². The number of para-hydroxylation sites is 2. The van der Waals surface area contributed by atoms with Crippen LogP contribution in [0, 0.1) is 0 Å². The molecular weight excluding hydrogens is 436 g/mol. The molecule has 0 radical (unpaired) electrons. The summed E-state index contributed by atoms with van der Waals surface area (Å²) in [6.45, 7) is 8.06. The van der Waals surface area contributed by atoms with Crippen LogP contribution in [-0.2, 0) is 0 Å². The first-order valence-electron chi connectivity index (χ1n) is 11.9. The van der Waals surface area contributed by atoms with Crippen molar-refractivity contribution in [1.29, 1.82) is 0 Å². The Bertz CT molecular complexity index is 819. The summed E-state index contributed by atoms with van der Waals surface area (Å²) < 4.78 is 0. The first-order chi connectivity index (χ1) is 16.4. The number of carboxylic acids is 2. The van der Waals surface area contributed by atoms with E-state index in [1.54, 1.807) is 24.3 Å². The van der Waals surface area contributed by atoms with E-state index in [4.69, 9.17) is 20.4 Å². The third-order valence-corrected chi connectivity index (χ3v) is 5.90. The fraction of sp³-hybridized carbons (Fsp3) is 0.462. The van der Waals surface area contributed by atoms with E-state index in [0.29, 0.717) is 0 Å². The van der Waals surface area contributed by atoms with E-state index in [1.807, 2.05) is 0 Å². The van der Waals surface area contributed by atoms with Crippen LogP contribution >= 0.6 is 0 Å². The standard InChI is InChI=1S/C12H24N2.2C7H6O3/c1-3-7-13(8-4-1)11-12-14-9-5-2-6-10-14;2*8-6-4-2-1-3-5(6)7(9)10/h1-12H2;2*1-4,8H,(H,9,10). The van der Waals surface area contributed by atoms with Crippen molar-refractivity contribution in [1.82, 2.24) is 9.80 Å². The molecule has 8 nitrogen and oxygen atoms in total. The zero-order chi connectivity index (χ0) is 24.8. The van der Waals surface area contributed by atoms with E-state index in [9.17, 15) is 9.59 Å². The van der Waals surface area contributed by atoms with Gasteiger partial charge in [0.15, 0.2) is 0 Å². The number of hydrogen-bond donors (Lipinski definition) is 4. The number of nitrogens with zero attached hydrogens (tertiary/aromatic N) is 2. The molecule has 34 heavy (non-hydrogen) atoms. The van der Waals surface area contributed by atoms with E-state index in [2.05, 4.69) is 9.80 Å². The SMILES string of the molecule is C1CCN(CCN2CCCCC2)CC1.O=C(O)c1ccccc1O.O=C(O)c1ccccc1O. The second-order valence-corrected chi connectivity index (χ2v) is 8.45. The molecule has 2 aromatic carbocycles. The van der Waals surface area contributed by atoms with Crippen LogP contribution in [0.1, 0.15) is 59.2 Å². The summed E-state index contributed by atoms with van der Waals surface area (Å²) in [5.74, 6) is -2.62.